The fourth-order valence-corrected chi connectivity index (χ4v) is 7.09. The summed E-state index contributed by atoms with van der Waals surface area (Å²) in [5, 5.41) is 0. The first kappa shape index (κ1) is 45.8. The van der Waals surface area contributed by atoms with Crippen LogP contribution in [0, 0.1) is 0 Å². The van der Waals surface area contributed by atoms with Crippen LogP contribution in [0.1, 0.15) is 34.2 Å². The van der Waals surface area contributed by atoms with E-state index in [0.717, 1.165) is 27.8 Å². The first-order chi connectivity index (χ1) is 30.8. The molecule has 1 saturated heterocycles. The van der Waals surface area contributed by atoms with E-state index in [2.05, 4.69) is 0 Å². The summed E-state index contributed by atoms with van der Waals surface area (Å²) < 4.78 is 28.3. The van der Waals surface area contributed by atoms with E-state index in [1.807, 2.05) is 157 Å². The van der Waals surface area contributed by atoms with Crippen LogP contribution in [-0.4, -0.2) is 102 Å². The van der Waals surface area contributed by atoms with Gasteiger partial charge in [0.05, 0.1) is 26.2 Å². The lowest BCUT2D eigenvalue weighted by Gasteiger charge is -2.30. The number of carbonyl (C=O) groups excluding carboxylic acids is 5. The minimum atomic E-state index is -0.845. The lowest BCUT2D eigenvalue weighted by Crippen LogP contribution is -2.47. The summed E-state index contributed by atoms with van der Waals surface area (Å²) in [5.74, 6) is -2.66. The summed E-state index contributed by atoms with van der Waals surface area (Å²) >= 11 is 0. The maximum atomic E-state index is 13.8. The van der Waals surface area contributed by atoms with Crippen LogP contribution in [0.15, 0.2) is 152 Å². The van der Waals surface area contributed by atoms with Crippen molar-refractivity contribution in [3.8, 4) is 0 Å². The molecule has 5 aromatic rings. The Morgan fingerprint density at radius 1 is 0.444 bits per heavy atom. The molecule has 63 heavy (non-hydrogen) atoms. The van der Waals surface area contributed by atoms with Crippen molar-refractivity contribution in [3.63, 3.8) is 0 Å². The van der Waals surface area contributed by atoms with Gasteiger partial charge in [0.2, 0.25) is 0 Å². The summed E-state index contributed by atoms with van der Waals surface area (Å²) in [6, 6.07) is 45.1. The molecule has 0 saturated carbocycles. The Morgan fingerprint density at radius 3 is 1.19 bits per heavy atom. The predicted molar refractivity (Wildman–Crippen MR) is 233 cm³/mol. The second kappa shape index (κ2) is 24.7. The lowest BCUT2D eigenvalue weighted by molar-refractivity contribution is -0.154. The average molecular weight is 856 g/mol. The summed E-state index contributed by atoms with van der Waals surface area (Å²) in [6.07, 6.45) is 0.212. The number of carbonyl (C=O) groups is 5. The Labute approximate surface area is 368 Å². The Hall–Kier alpha value is -6.67. The molecule has 1 aliphatic heterocycles. The van der Waals surface area contributed by atoms with E-state index in [1.54, 1.807) is 9.80 Å². The van der Waals surface area contributed by atoms with Crippen LogP contribution in [0.5, 0.6) is 0 Å². The lowest BCUT2D eigenvalue weighted by atomic mass is 10.1. The molecule has 0 spiro atoms. The number of benzene rings is 5. The maximum absolute atomic E-state index is 13.8. The highest BCUT2D eigenvalue weighted by molar-refractivity contribution is 5.79. The van der Waals surface area contributed by atoms with Gasteiger partial charge >= 0.3 is 29.8 Å². The SMILES string of the molecule is O=C(CN(CCN(CC(=O)OCc1ccccc1)[C@H]1C[C@@H](C(=O)OCc2ccccc2)N(CC(=O)OCc2ccccc2)C1)CC(=O)OCc1ccccc1)OCc1ccccc1. The minimum Gasteiger partial charge on any atom is -0.460 e. The van der Waals surface area contributed by atoms with Gasteiger partial charge in [0.15, 0.2) is 0 Å². The van der Waals surface area contributed by atoms with Gasteiger partial charge in [-0.1, -0.05) is 152 Å². The average Bonchev–Trinajstić information content (AvgIpc) is 3.74. The van der Waals surface area contributed by atoms with E-state index in [0.29, 0.717) is 0 Å². The third-order valence-corrected chi connectivity index (χ3v) is 10.4. The zero-order valence-corrected chi connectivity index (χ0v) is 35.2. The Kier molecular flexibility index (Phi) is 18.0. The number of likely N-dealkylation sites (tertiary alicyclic amines) is 1. The van der Waals surface area contributed by atoms with E-state index in [-0.39, 0.29) is 85.3 Å². The summed E-state index contributed by atoms with van der Waals surface area (Å²) in [6.45, 7) is -0.0857. The van der Waals surface area contributed by atoms with Gasteiger partial charge in [0, 0.05) is 25.7 Å². The molecule has 6 rings (SSSR count). The molecular formula is C50H53N3O10. The molecule has 0 bridgehead atoms. The van der Waals surface area contributed by atoms with Crippen LogP contribution < -0.4 is 0 Å². The second-order valence-electron chi connectivity index (χ2n) is 15.2. The van der Waals surface area contributed by atoms with Gasteiger partial charge in [-0.05, 0) is 34.2 Å². The van der Waals surface area contributed by atoms with Crippen LogP contribution in [0.2, 0.25) is 0 Å². The zero-order valence-electron chi connectivity index (χ0n) is 35.2. The predicted octanol–water partition coefficient (Wildman–Crippen LogP) is 5.75. The molecule has 0 aliphatic carbocycles. The Balaban J connectivity index is 1.18. The molecule has 2 atom stereocenters. The molecular weight excluding hydrogens is 803 g/mol. The third kappa shape index (κ3) is 15.9. The highest BCUT2D eigenvalue weighted by Gasteiger charge is 2.42. The fourth-order valence-electron chi connectivity index (χ4n) is 7.09. The molecule has 0 amide bonds. The number of rotatable bonds is 23. The molecule has 13 heteroatoms. The molecule has 5 aromatic carbocycles. The van der Waals surface area contributed by atoms with E-state index in [4.69, 9.17) is 23.7 Å². The summed E-state index contributed by atoms with van der Waals surface area (Å²) in [4.78, 5) is 72.4. The van der Waals surface area contributed by atoms with Gasteiger partial charge in [0.25, 0.3) is 0 Å². The topological polar surface area (TPSA) is 141 Å². The number of hydrogen-bond acceptors (Lipinski definition) is 13. The molecule has 1 aliphatic rings. The molecule has 0 N–H and O–H groups in total. The quantitative estimate of drug-likeness (QED) is 0.0583. The van der Waals surface area contributed by atoms with E-state index < -0.39 is 41.9 Å². The van der Waals surface area contributed by atoms with Crippen molar-refractivity contribution in [1.82, 2.24) is 14.7 Å². The molecule has 1 heterocycles. The number of esters is 5. The van der Waals surface area contributed by atoms with Crippen molar-refractivity contribution >= 4 is 29.8 Å². The summed E-state index contributed by atoms with van der Waals surface area (Å²) in [5.41, 5.74) is 4.06. The molecule has 0 aromatic heterocycles. The highest BCUT2D eigenvalue weighted by atomic mass is 16.6. The molecule has 0 radical (unpaired) electrons. The monoisotopic (exact) mass is 855 g/mol. The number of ether oxygens (including phenoxy) is 5. The molecule has 1 fully saturated rings. The van der Waals surface area contributed by atoms with Gasteiger partial charge < -0.3 is 23.7 Å². The van der Waals surface area contributed by atoms with Gasteiger partial charge in [-0.15, -0.1) is 0 Å². The van der Waals surface area contributed by atoms with Crippen molar-refractivity contribution < 1.29 is 47.7 Å². The standard InChI is InChI=1S/C50H53N3O10/c54-46(59-34-39-16-6-1-7-17-39)30-51(31-47(55)60-35-40-18-8-2-9-19-40)26-27-52(32-48(56)61-36-41-20-10-3-11-21-41)44-28-45(50(58)63-38-43-24-14-5-15-25-43)53(29-44)33-49(57)62-37-42-22-12-4-13-23-42/h1-25,44-45H,26-38H2/t44-,45-/m0/s1. The van der Waals surface area contributed by atoms with Gasteiger partial charge in [-0.2, -0.15) is 0 Å². The van der Waals surface area contributed by atoms with Crippen LogP contribution in [0.3, 0.4) is 0 Å². The highest BCUT2D eigenvalue weighted by Crippen LogP contribution is 2.25. The fraction of sp³-hybridized carbons (Fsp3) is 0.300. The zero-order chi connectivity index (χ0) is 44.1. The summed E-state index contributed by atoms with van der Waals surface area (Å²) in [7, 11) is 0. The van der Waals surface area contributed by atoms with Crippen LogP contribution in [-0.2, 0) is 80.7 Å². The van der Waals surface area contributed by atoms with Crippen molar-refractivity contribution in [3.05, 3.63) is 179 Å². The first-order valence-corrected chi connectivity index (χ1v) is 21.0. The largest absolute Gasteiger partial charge is 0.460 e. The van der Waals surface area contributed by atoms with Gasteiger partial charge in [-0.25, -0.2) is 0 Å². The van der Waals surface area contributed by atoms with Crippen molar-refractivity contribution in [2.24, 2.45) is 0 Å². The van der Waals surface area contributed by atoms with E-state index >= 15 is 0 Å². The number of hydrogen-bond donors (Lipinski definition) is 0. The van der Waals surface area contributed by atoms with Crippen LogP contribution in [0.4, 0.5) is 0 Å². The number of nitrogens with zero attached hydrogens (tertiary/aromatic N) is 3. The van der Waals surface area contributed by atoms with E-state index in [1.165, 1.54) is 0 Å². The van der Waals surface area contributed by atoms with Crippen molar-refractivity contribution in [1.29, 1.82) is 0 Å². The Morgan fingerprint density at radius 2 is 0.794 bits per heavy atom. The smallest absolute Gasteiger partial charge is 0.323 e. The van der Waals surface area contributed by atoms with Crippen molar-refractivity contribution in [2.75, 3.05) is 45.8 Å². The normalized spacial score (nSPS) is 14.8. The van der Waals surface area contributed by atoms with Gasteiger partial charge in [0.1, 0.15) is 39.1 Å². The Bertz CT molecular complexity index is 2120. The first-order valence-electron chi connectivity index (χ1n) is 21.0. The van der Waals surface area contributed by atoms with E-state index in [9.17, 15) is 24.0 Å². The van der Waals surface area contributed by atoms with Crippen LogP contribution in [0.25, 0.3) is 0 Å². The van der Waals surface area contributed by atoms with Crippen molar-refractivity contribution in [2.45, 2.75) is 51.5 Å². The van der Waals surface area contributed by atoms with Crippen LogP contribution >= 0.6 is 0 Å². The maximum Gasteiger partial charge on any atom is 0.323 e. The molecule has 328 valence electrons. The second-order valence-corrected chi connectivity index (χ2v) is 15.2. The molecule has 0 unspecified atom stereocenters. The molecule has 13 nitrogen and oxygen atoms in total. The third-order valence-electron chi connectivity index (χ3n) is 10.4. The van der Waals surface area contributed by atoms with Gasteiger partial charge in [-0.3, -0.25) is 38.7 Å². The minimum absolute atomic E-state index is 0.0400.